The van der Waals surface area contributed by atoms with Crippen LogP contribution in [0, 0.1) is 0 Å². The zero-order valence-electron chi connectivity index (χ0n) is 32.2. The van der Waals surface area contributed by atoms with E-state index >= 15 is 0 Å². The molecule has 2 aromatic rings. The van der Waals surface area contributed by atoms with Gasteiger partial charge in [0.1, 0.15) is 35.6 Å². The highest BCUT2D eigenvalue weighted by molar-refractivity contribution is 6.31. The van der Waals surface area contributed by atoms with Gasteiger partial charge in [-0.1, -0.05) is 12.1 Å². The Hall–Kier alpha value is -3.55. The van der Waals surface area contributed by atoms with Crippen LogP contribution >= 0.6 is 0 Å². The first-order valence-corrected chi connectivity index (χ1v) is 19.1. The number of ketones is 3. The van der Waals surface area contributed by atoms with Crippen LogP contribution in [0.25, 0.3) is 0 Å². The number of phenols is 3. The van der Waals surface area contributed by atoms with E-state index < -0.39 is 113 Å². The number of aromatic hydroxyl groups is 3. The summed E-state index contributed by atoms with van der Waals surface area (Å²) in [5, 5.41) is 67.5. The van der Waals surface area contributed by atoms with Gasteiger partial charge in [0.15, 0.2) is 30.4 Å². The van der Waals surface area contributed by atoms with Crippen molar-refractivity contribution in [1.29, 1.82) is 0 Å². The molecule has 3 heterocycles. The Labute approximate surface area is 323 Å². The van der Waals surface area contributed by atoms with Gasteiger partial charge in [-0.15, -0.1) is 0 Å². The quantitative estimate of drug-likeness (QED) is 0.180. The second-order valence-corrected chi connectivity index (χ2v) is 16.0. The Bertz CT molecular complexity index is 1870. The van der Waals surface area contributed by atoms with E-state index in [9.17, 15) is 45.0 Å². The molecule has 0 saturated carbocycles. The molecule has 2 aliphatic carbocycles. The molecule has 0 unspecified atom stereocenters. The largest absolute Gasteiger partial charge is 0.507 e. The second-order valence-electron chi connectivity index (χ2n) is 16.0. The third-order valence-electron chi connectivity index (χ3n) is 12.0. The van der Waals surface area contributed by atoms with Crippen molar-refractivity contribution in [3.63, 3.8) is 0 Å². The lowest BCUT2D eigenvalue weighted by Gasteiger charge is -2.47. The molecule has 7 rings (SSSR count). The average Bonchev–Trinajstić information content (AvgIpc) is 3.12. The molecule has 3 fully saturated rings. The van der Waals surface area contributed by atoms with Crippen LogP contribution in [0.1, 0.15) is 109 Å². The van der Waals surface area contributed by atoms with Crippen molar-refractivity contribution in [3.8, 4) is 17.2 Å². The highest BCUT2D eigenvalue weighted by Crippen LogP contribution is 2.53. The number of hydrogen-bond donors (Lipinski definition) is 6. The molecular weight excluding hydrogens is 734 g/mol. The standard InChI is InChI=1S/C40H51NO15/c1-16-23(43)10-11-27(51-16)55-39-18(3)53-29(13-25(39)45)56-38-17(2)52-28(12-22(38)41(5)6)54-26-15-40(50,19(4)42)14-21-31(26)37(49)33-32(35(21)47)34(46)20-8-7-9-24(44)30(20)36(33)48/h7-9,16-19,22,25-29,38-39,42,44-45,47,49-50H,10-15H2,1-6H3/t16-,17-,18+,19+,22-,25+,26-,27+,28+,29-,38+,39+,40-/m1/s1. The van der Waals surface area contributed by atoms with E-state index in [0.717, 1.165) is 0 Å². The Morgan fingerprint density at radius 2 is 1.48 bits per heavy atom. The summed E-state index contributed by atoms with van der Waals surface area (Å²) in [5.41, 5.74) is -3.42. The fourth-order valence-corrected chi connectivity index (χ4v) is 8.81. The number of likely N-dealkylation sites (N-methyl/N-ethyl adjacent to an activating group) is 1. The number of fused-ring (bicyclic) bond motifs is 3. The molecule has 0 spiro atoms. The zero-order valence-corrected chi connectivity index (χ0v) is 32.2. The lowest BCUT2D eigenvalue weighted by molar-refractivity contribution is -0.324. The van der Waals surface area contributed by atoms with Crippen molar-refractivity contribution in [1.82, 2.24) is 4.90 Å². The number of aliphatic hydroxyl groups excluding tert-OH is 2. The van der Waals surface area contributed by atoms with Gasteiger partial charge >= 0.3 is 0 Å². The summed E-state index contributed by atoms with van der Waals surface area (Å²) in [6, 6.07) is 3.60. The zero-order chi connectivity index (χ0) is 40.5. The first kappa shape index (κ1) is 40.6. The number of nitrogens with zero attached hydrogens (tertiary/aromatic N) is 1. The molecule has 5 aliphatic rings. The molecule has 6 N–H and O–H groups in total. The maximum atomic E-state index is 13.8. The number of Topliss-reactive ketones (excluding diaryl/α,β-unsaturated/α-hetero) is 1. The fourth-order valence-electron chi connectivity index (χ4n) is 8.81. The summed E-state index contributed by atoms with van der Waals surface area (Å²) in [4.78, 5) is 41.3. The normalized spacial score (nSPS) is 36.5. The number of hydrogen-bond acceptors (Lipinski definition) is 16. The first-order chi connectivity index (χ1) is 26.4. The second kappa shape index (κ2) is 15.3. The SMILES string of the molecule is C[C@@H]1O[C@H](O[C@@H]2[C@H](N(C)C)C[C@H](O[C@@H]3C[C@@](O)([C@H](C)O)Cc4c(O)c5c(c(O)c43)C(=O)c3c(O)cccc3C5=O)O[C@@H]2C)C[C@H](O)[C@H]1O[C@H]1CCC(=O)[C@@H](C)O1. The highest BCUT2D eigenvalue weighted by atomic mass is 16.7. The van der Waals surface area contributed by atoms with Gasteiger partial charge in [0.05, 0.1) is 52.8 Å². The maximum Gasteiger partial charge on any atom is 0.202 e. The van der Waals surface area contributed by atoms with Gasteiger partial charge in [0.25, 0.3) is 0 Å². The van der Waals surface area contributed by atoms with E-state index in [-0.39, 0.29) is 59.8 Å². The van der Waals surface area contributed by atoms with Crippen molar-refractivity contribution in [2.75, 3.05) is 14.1 Å². The number of carbonyl (C=O) groups is 3. The Morgan fingerprint density at radius 3 is 2.12 bits per heavy atom. The number of carbonyl (C=O) groups excluding carboxylic acids is 3. The molecule has 16 nitrogen and oxygen atoms in total. The summed E-state index contributed by atoms with van der Waals surface area (Å²) < 4.78 is 37.2. The Balaban J connectivity index is 1.11. The third kappa shape index (κ3) is 7.14. The van der Waals surface area contributed by atoms with Gasteiger partial charge in [-0.2, -0.15) is 0 Å². The van der Waals surface area contributed by atoms with E-state index in [1.165, 1.54) is 25.1 Å². The Morgan fingerprint density at radius 1 is 0.839 bits per heavy atom. The molecule has 0 radical (unpaired) electrons. The smallest absolute Gasteiger partial charge is 0.202 e. The van der Waals surface area contributed by atoms with Crippen molar-refractivity contribution in [2.24, 2.45) is 0 Å². The molecule has 3 aliphatic heterocycles. The van der Waals surface area contributed by atoms with Gasteiger partial charge in [-0.05, 0) is 47.9 Å². The first-order valence-electron chi connectivity index (χ1n) is 19.1. The molecule has 0 bridgehead atoms. The molecule has 0 aromatic heterocycles. The monoisotopic (exact) mass is 785 g/mol. The highest BCUT2D eigenvalue weighted by Gasteiger charge is 2.50. The van der Waals surface area contributed by atoms with Crippen molar-refractivity contribution < 1.29 is 73.4 Å². The average molecular weight is 786 g/mol. The topological polar surface area (TPSA) is 231 Å². The summed E-state index contributed by atoms with van der Waals surface area (Å²) in [6.45, 7) is 6.59. The van der Waals surface area contributed by atoms with Gasteiger partial charge in [0, 0.05) is 61.3 Å². The number of ether oxygens (including phenoxy) is 6. The summed E-state index contributed by atoms with van der Waals surface area (Å²) in [6.07, 6.45) is -8.76. The molecule has 56 heavy (non-hydrogen) atoms. The summed E-state index contributed by atoms with van der Waals surface area (Å²) in [5.74, 6) is -3.42. The molecule has 2 aromatic carbocycles. The van der Waals surface area contributed by atoms with Gasteiger partial charge in [0.2, 0.25) is 5.78 Å². The van der Waals surface area contributed by atoms with Gasteiger partial charge in [-0.3, -0.25) is 14.4 Å². The number of benzene rings is 2. The minimum absolute atomic E-state index is 0.00193. The van der Waals surface area contributed by atoms with E-state index in [2.05, 4.69) is 0 Å². The van der Waals surface area contributed by atoms with Crippen LogP contribution < -0.4 is 0 Å². The minimum atomic E-state index is -1.88. The minimum Gasteiger partial charge on any atom is -0.507 e. The van der Waals surface area contributed by atoms with E-state index in [1.54, 1.807) is 20.8 Å². The molecule has 16 heteroatoms. The molecule has 0 amide bonds. The van der Waals surface area contributed by atoms with E-state index in [1.807, 2.05) is 19.0 Å². The van der Waals surface area contributed by atoms with Crippen LogP contribution in [0.15, 0.2) is 18.2 Å². The van der Waals surface area contributed by atoms with E-state index in [0.29, 0.717) is 12.8 Å². The third-order valence-corrected chi connectivity index (χ3v) is 12.0. The van der Waals surface area contributed by atoms with E-state index in [4.69, 9.17) is 28.4 Å². The maximum absolute atomic E-state index is 13.8. The van der Waals surface area contributed by atoms with Crippen LogP contribution in [0.4, 0.5) is 0 Å². The van der Waals surface area contributed by atoms with Crippen LogP contribution in [0.2, 0.25) is 0 Å². The van der Waals surface area contributed by atoms with Crippen LogP contribution in [-0.4, -0.2) is 140 Å². The van der Waals surface area contributed by atoms with Crippen molar-refractivity contribution in [3.05, 3.63) is 51.6 Å². The van der Waals surface area contributed by atoms with Crippen LogP contribution in [0.3, 0.4) is 0 Å². The van der Waals surface area contributed by atoms with Crippen molar-refractivity contribution in [2.45, 2.75) is 146 Å². The van der Waals surface area contributed by atoms with Gasteiger partial charge < -0.3 is 64.0 Å². The summed E-state index contributed by atoms with van der Waals surface area (Å²) in [7, 11) is 3.70. The lowest BCUT2D eigenvalue weighted by atomic mass is 9.71. The molecule has 306 valence electrons. The number of phenolic OH excluding ortho intramolecular Hbond substituents is 3. The molecule has 3 saturated heterocycles. The predicted molar refractivity (Wildman–Crippen MR) is 193 cm³/mol. The van der Waals surface area contributed by atoms with Crippen molar-refractivity contribution >= 4 is 17.3 Å². The number of rotatable bonds is 8. The lowest BCUT2D eigenvalue weighted by Crippen LogP contribution is -2.58. The van der Waals surface area contributed by atoms with Crippen LogP contribution in [0.5, 0.6) is 17.2 Å². The summed E-state index contributed by atoms with van der Waals surface area (Å²) >= 11 is 0. The number of aliphatic hydroxyl groups is 3. The molecular formula is C40H51NO15. The molecule has 13 atom stereocenters. The van der Waals surface area contributed by atoms with Crippen LogP contribution in [-0.2, 0) is 39.6 Å². The fraction of sp³-hybridized carbons (Fsp3) is 0.625. The predicted octanol–water partition coefficient (Wildman–Crippen LogP) is 2.12. The van der Waals surface area contributed by atoms with Gasteiger partial charge in [-0.25, -0.2) is 0 Å². The Kier molecular flexibility index (Phi) is 11.1.